The number of hydrogen-bond donors (Lipinski definition) is 2. The Labute approximate surface area is 36.6 Å². The van der Waals surface area contributed by atoms with E-state index in [1.54, 1.807) is 0 Å². The van der Waals surface area contributed by atoms with Crippen molar-refractivity contribution in [3.05, 3.63) is 0 Å². The Balaban J connectivity index is 0. The van der Waals surface area contributed by atoms with Crippen LogP contribution in [0.1, 0.15) is 0 Å². The molecule has 0 aliphatic heterocycles. The van der Waals surface area contributed by atoms with Crippen LogP contribution in [-0.2, 0) is 0 Å². The van der Waals surface area contributed by atoms with Crippen molar-refractivity contribution in [1.29, 1.82) is 0 Å². The van der Waals surface area contributed by atoms with Crippen molar-refractivity contribution in [1.82, 2.24) is 0 Å². The first-order valence-corrected chi connectivity index (χ1v) is 1.32. The van der Waals surface area contributed by atoms with E-state index >= 15 is 0 Å². The molecule has 0 aliphatic carbocycles. The first-order chi connectivity index (χ1) is 1.91. The maximum atomic E-state index is 4.90. The topological polar surface area (TPSA) is 52.0 Å². The van der Waals surface area contributed by atoms with Crippen molar-refractivity contribution in [2.45, 2.75) is 0 Å². The van der Waals surface area contributed by atoms with Gasteiger partial charge in [0.15, 0.2) is 0 Å². The maximum Gasteiger partial charge on any atom is 0.00461 e. The third-order valence-electron chi connectivity index (χ3n) is 0.167. The van der Waals surface area contributed by atoms with Gasteiger partial charge in [0.1, 0.15) is 0 Å². The fourth-order valence-corrected chi connectivity index (χ4v) is 0. The van der Waals surface area contributed by atoms with Crippen LogP contribution in [0, 0.1) is 0 Å². The molecule has 0 saturated carbocycles. The summed E-state index contributed by atoms with van der Waals surface area (Å²) in [7, 11) is 0. The summed E-state index contributed by atoms with van der Waals surface area (Å²) < 4.78 is 0. The Hall–Kier alpha value is 0.137. The second-order valence-electron chi connectivity index (χ2n) is 0.577. The fraction of sp³-hybridized carbons (Fsp3) is 1.00. The van der Waals surface area contributed by atoms with Crippen LogP contribution in [0.15, 0.2) is 0 Å². The molecule has 0 amide bonds. The Morgan fingerprint density at radius 2 is 1.20 bits per heavy atom. The maximum absolute atomic E-state index is 4.90. The van der Waals surface area contributed by atoms with E-state index in [2.05, 4.69) is 0 Å². The van der Waals surface area contributed by atoms with E-state index in [0.717, 1.165) is 0 Å². The first kappa shape index (κ1) is 8.93. The van der Waals surface area contributed by atoms with Gasteiger partial charge >= 0.3 is 0 Å². The Morgan fingerprint density at radius 1 is 1.00 bits per heavy atom. The molecule has 4 radical (unpaired) electrons. The second-order valence-corrected chi connectivity index (χ2v) is 0.577. The van der Waals surface area contributed by atoms with Crippen molar-refractivity contribution in [3.8, 4) is 0 Å². The highest BCUT2D eigenvalue weighted by atomic mass is 28.1. The van der Waals surface area contributed by atoms with Gasteiger partial charge in [-0.3, -0.25) is 0 Å². The zero-order valence-electron chi connectivity index (χ0n) is 3.07. The second kappa shape index (κ2) is 8.91. The predicted octanol–water partition coefficient (Wildman–Crippen LogP) is -1.48. The summed E-state index contributed by atoms with van der Waals surface area (Å²) in [6, 6.07) is 0. The molecule has 0 fully saturated rings. The molecule has 0 spiro atoms. The van der Waals surface area contributed by atoms with Gasteiger partial charge in [0.25, 0.3) is 0 Å². The van der Waals surface area contributed by atoms with Crippen molar-refractivity contribution < 1.29 is 0 Å². The van der Waals surface area contributed by atoms with Crippen LogP contribution in [-0.4, -0.2) is 24.1 Å². The average molecular weight is 88.2 g/mol. The molecule has 30 valence electrons. The summed E-state index contributed by atoms with van der Waals surface area (Å²) in [5.74, 6) is 0. The summed E-state index contributed by atoms with van der Waals surface area (Å²) in [6.45, 7) is 1.19. The molecule has 0 aromatic heterocycles. The van der Waals surface area contributed by atoms with Crippen LogP contribution in [0.4, 0.5) is 0 Å². The average Bonchev–Trinajstić information content (AvgIpc) is 1.37. The van der Waals surface area contributed by atoms with Gasteiger partial charge in [0.05, 0.1) is 0 Å². The Bertz CT molecular complexity index is 9.61. The molecule has 0 heterocycles. The zero-order chi connectivity index (χ0) is 3.41. The highest BCUT2D eigenvalue weighted by Crippen LogP contribution is 1.24. The van der Waals surface area contributed by atoms with Gasteiger partial charge in [-0.25, -0.2) is 0 Å². The molecule has 0 aliphatic rings. The van der Waals surface area contributed by atoms with Crippen molar-refractivity contribution in [2.24, 2.45) is 11.5 Å². The quantitative estimate of drug-likeness (QED) is 0.384. The fourth-order valence-electron chi connectivity index (χ4n) is 0. The number of hydrogen-bond acceptors (Lipinski definition) is 2. The van der Waals surface area contributed by atoms with Gasteiger partial charge in [-0.1, -0.05) is 0 Å². The molecule has 4 N–H and O–H groups in total. The van der Waals surface area contributed by atoms with E-state index in [1.807, 2.05) is 0 Å². The lowest BCUT2D eigenvalue weighted by atomic mass is 10.7. The lowest BCUT2D eigenvalue weighted by molar-refractivity contribution is 0.976. The largest absolute Gasteiger partial charge is 0.329 e. The molecule has 5 heavy (non-hydrogen) atoms. The van der Waals surface area contributed by atoms with E-state index in [1.165, 1.54) is 0 Å². The minimum atomic E-state index is 0. The molecule has 0 bridgehead atoms. The number of rotatable bonds is 1. The van der Waals surface area contributed by atoms with E-state index in [4.69, 9.17) is 11.5 Å². The van der Waals surface area contributed by atoms with Crippen molar-refractivity contribution in [3.63, 3.8) is 0 Å². The van der Waals surface area contributed by atoms with Crippen molar-refractivity contribution >= 4 is 11.0 Å². The molecular formula is C2H8N2Si. The van der Waals surface area contributed by atoms with Gasteiger partial charge in [0, 0.05) is 24.1 Å². The standard InChI is InChI=1S/C2H8N2.Si/c3-1-2-4;/h1-4H2;. The van der Waals surface area contributed by atoms with E-state index in [-0.39, 0.29) is 11.0 Å². The minimum absolute atomic E-state index is 0. The summed E-state index contributed by atoms with van der Waals surface area (Å²) in [5, 5.41) is 0. The Kier molecular flexibility index (Phi) is 15.9. The van der Waals surface area contributed by atoms with Gasteiger partial charge in [-0.15, -0.1) is 0 Å². The normalized spacial score (nSPS) is 6.00. The molecule has 0 unspecified atom stereocenters. The third kappa shape index (κ3) is 14.6. The highest BCUT2D eigenvalue weighted by molar-refractivity contribution is 5.75. The van der Waals surface area contributed by atoms with Gasteiger partial charge in [-0.05, 0) is 0 Å². The summed E-state index contributed by atoms with van der Waals surface area (Å²) in [4.78, 5) is 0. The molecule has 2 nitrogen and oxygen atoms in total. The predicted molar refractivity (Wildman–Crippen MR) is 23.9 cm³/mol. The van der Waals surface area contributed by atoms with Crippen LogP contribution >= 0.6 is 0 Å². The zero-order valence-corrected chi connectivity index (χ0v) is 4.07. The van der Waals surface area contributed by atoms with Crippen LogP contribution in [0.2, 0.25) is 0 Å². The van der Waals surface area contributed by atoms with Crippen LogP contribution in [0.25, 0.3) is 0 Å². The molecule has 0 aromatic carbocycles. The molecule has 0 saturated heterocycles. The van der Waals surface area contributed by atoms with Crippen molar-refractivity contribution in [2.75, 3.05) is 13.1 Å². The van der Waals surface area contributed by atoms with E-state index in [0.29, 0.717) is 13.1 Å². The molecule has 0 rings (SSSR count). The highest BCUT2D eigenvalue weighted by Gasteiger charge is 1.54. The minimum Gasteiger partial charge on any atom is -0.329 e. The summed E-state index contributed by atoms with van der Waals surface area (Å²) in [5.41, 5.74) is 9.81. The van der Waals surface area contributed by atoms with Crippen LogP contribution in [0.5, 0.6) is 0 Å². The van der Waals surface area contributed by atoms with E-state index < -0.39 is 0 Å². The third-order valence-corrected chi connectivity index (χ3v) is 0.167. The lowest BCUT2D eigenvalue weighted by Gasteiger charge is -1.72. The molecule has 0 atom stereocenters. The van der Waals surface area contributed by atoms with Gasteiger partial charge in [0.2, 0.25) is 0 Å². The molecular weight excluding hydrogens is 80.1 g/mol. The smallest absolute Gasteiger partial charge is 0.00461 e. The molecule has 3 heteroatoms. The van der Waals surface area contributed by atoms with Gasteiger partial charge in [-0.2, -0.15) is 0 Å². The first-order valence-electron chi connectivity index (χ1n) is 1.32. The van der Waals surface area contributed by atoms with E-state index in [9.17, 15) is 0 Å². The monoisotopic (exact) mass is 88.0 g/mol. The van der Waals surface area contributed by atoms with Crippen LogP contribution in [0.3, 0.4) is 0 Å². The van der Waals surface area contributed by atoms with Crippen LogP contribution < -0.4 is 11.5 Å². The lowest BCUT2D eigenvalue weighted by Crippen LogP contribution is -2.11. The summed E-state index contributed by atoms with van der Waals surface area (Å²) >= 11 is 0. The SMILES string of the molecule is NCCN.[Si]. The Morgan fingerprint density at radius 3 is 1.20 bits per heavy atom. The molecule has 0 aromatic rings. The summed E-state index contributed by atoms with van der Waals surface area (Å²) in [6.07, 6.45) is 0. The van der Waals surface area contributed by atoms with Gasteiger partial charge < -0.3 is 11.5 Å². The number of nitrogens with two attached hydrogens (primary N) is 2.